The third-order valence-electron chi connectivity index (χ3n) is 4.79. The van der Waals surface area contributed by atoms with Crippen molar-refractivity contribution in [2.75, 3.05) is 13.7 Å². The quantitative estimate of drug-likeness (QED) is 0.251. The minimum absolute atomic E-state index is 0. The second-order valence-corrected chi connectivity index (χ2v) is 7.33. The van der Waals surface area contributed by atoms with Crippen molar-refractivity contribution in [3.05, 3.63) is 76.3 Å². The largest absolute Gasteiger partial charge is 0.497 e. The highest BCUT2D eigenvalue weighted by molar-refractivity contribution is 14.0. The van der Waals surface area contributed by atoms with Crippen LogP contribution in [0.2, 0.25) is 5.02 Å². The Hall–Kier alpha value is -2.33. The number of nitrogens with one attached hydrogen (secondary N) is 2. The zero-order valence-electron chi connectivity index (χ0n) is 17.9. The molecule has 1 aromatic heterocycles. The number of guanidine groups is 1. The fraction of sp³-hybridized carbons (Fsp3) is 0.318. The molecular weight excluding hydrogens is 527 g/mol. The number of nitrogens with zero attached hydrogens (tertiary/aromatic N) is 4. The predicted molar refractivity (Wildman–Crippen MR) is 135 cm³/mol. The van der Waals surface area contributed by atoms with Crippen LogP contribution in [0, 0.1) is 6.92 Å². The van der Waals surface area contributed by atoms with Crippen molar-refractivity contribution in [2.45, 2.75) is 26.4 Å². The third kappa shape index (κ3) is 7.70. The fourth-order valence-corrected chi connectivity index (χ4v) is 2.95. The molecule has 0 aliphatic rings. The average Bonchev–Trinajstić information content (AvgIpc) is 3.09. The lowest BCUT2D eigenvalue weighted by Gasteiger charge is -2.13. The Morgan fingerprint density at radius 3 is 2.32 bits per heavy atom. The van der Waals surface area contributed by atoms with E-state index in [-0.39, 0.29) is 24.0 Å². The average molecular weight is 555 g/mol. The molecule has 1 heterocycles. The molecule has 0 spiro atoms. The lowest BCUT2D eigenvalue weighted by Crippen LogP contribution is -2.38. The number of aryl methyl sites for hydroxylation is 1. The molecule has 0 amide bonds. The third-order valence-corrected chi connectivity index (χ3v) is 5.05. The molecule has 2 aromatic carbocycles. The Bertz CT molecular complexity index is 973. The number of methoxy groups -OCH3 is 1. The molecule has 0 fully saturated rings. The molecule has 3 aromatic rings. The number of rotatable bonds is 8. The van der Waals surface area contributed by atoms with Crippen LogP contribution in [0.25, 0.3) is 0 Å². The Kier molecular flexibility index (Phi) is 10.1. The molecule has 0 unspecified atom stereocenters. The summed E-state index contributed by atoms with van der Waals surface area (Å²) in [6, 6.07) is 15.8. The first kappa shape index (κ1) is 24.9. The van der Waals surface area contributed by atoms with Gasteiger partial charge in [0.1, 0.15) is 11.6 Å². The van der Waals surface area contributed by atoms with Crippen molar-refractivity contribution in [1.82, 2.24) is 25.4 Å². The highest BCUT2D eigenvalue weighted by Crippen LogP contribution is 2.12. The SMILES string of the molecule is COc1ccc(CCNC(=NCc2ccc(Cl)cc2)NCc2nnc(C)n2C)cc1.I. The summed E-state index contributed by atoms with van der Waals surface area (Å²) in [5.74, 6) is 3.30. The maximum absolute atomic E-state index is 5.97. The minimum Gasteiger partial charge on any atom is -0.497 e. The summed E-state index contributed by atoms with van der Waals surface area (Å²) in [6.07, 6.45) is 0.870. The van der Waals surface area contributed by atoms with E-state index in [2.05, 4.69) is 33.0 Å². The number of aromatic nitrogens is 3. The van der Waals surface area contributed by atoms with Crippen LogP contribution in [-0.2, 0) is 26.6 Å². The molecule has 0 radical (unpaired) electrons. The maximum Gasteiger partial charge on any atom is 0.191 e. The Balaban J connectivity index is 0.00000341. The van der Waals surface area contributed by atoms with Crippen LogP contribution in [0.15, 0.2) is 53.5 Å². The number of hydrogen-bond donors (Lipinski definition) is 2. The van der Waals surface area contributed by atoms with Gasteiger partial charge in [-0.05, 0) is 48.7 Å². The molecular formula is C22H28ClIN6O. The normalized spacial score (nSPS) is 11.0. The van der Waals surface area contributed by atoms with E-state index < -0.39 is 0 Å². The van der Waals surface area contributed by atoms with E-state index in [1.807, 2.05) is 54.9 Å². The van der Waals surface area contributed by atoms with Crippen LogP contribution in [0.5, 0.6) is 5.75 Å². The minimum atomic E-state index is 0. The summed E-state index contributed by atoms with van der Waals surface area (Å²) < 4.78 is 7.17. The van der Waals surface area contributed by atoms with Gasteiger partial charge in [0.25, 0.3) is 0 Å². The molecule has 0 aliphatic carbocycles. The first-order valence-corrected chi connectivity index (χ1v) is 10.2. The number of ether oxygens (including phenoxy) is 1. The van der Waals surface area contributed by atoms with Crippen molar-refractivity contribution in [1.29, 1.82) is 0 Å². The van der Waals surface area contributed by atoms with E-state index >= 15 is 0 Å². The lowest BCUT2D eigenvalue weighted by atomic mass is 10.1. The molecule has 3 rings (SSSR count). The molecule has 7 nitrogen and oxygen atoms in total. The summed E-state index contributed by atoms with van der Waals surface area (Å²) in [5.41, 5.74) is 2.31. The van der Waals surface area contributed by atoms with Crippen LogP contribution in [0.1, 0.15) is 22.8 Å². The number of benzene rings is 2. The molecule has 31 heavy (non-hydrogen) atoms. The van der Waals surface area contributed by atoms with Crippen LogP contribution in [-0.4, -0.2) is 34.4 Å². The van der Waals surface area contributed by atoms with Gasteiger partial charge in [0.15, 0.2) is 11.8 Å². The van der Waals surface area contributed by atoms with Gasteiger partial charge in [-0.1, -0.05) is 35.9 Å². The summed E-state index contributed by atoms with van der Waals surface area (Å²) in [5, 5.41) is 15.8. The van der Waals surface area contributed by atoms with Crippen molar-refractivity contribution < 1.29 is 4.74 Å². The van der Waals surface area contributed by atoms with Crippen LogP contribution >= 0.6 is 35.6 Å². The van der Waals surface area contributed by atoms with Gasteiger partial charge in [-0.25, -0.2) is 4.99 Å². The van der Waals surface area contributed by atoms with Crippen LogP contribution in [0.3, 0.4) is 0 Å². The van der Waals surface area contributed by atoms with Crippen molar-refractivity contribution in [3.63, 3.8) is 0 Å². The molecule has 0 saturated carbocycles. The second kappa shape index (κ2) is 12.5. The first-order chi connectivity index (χ1) is 14.5. The van der Waals surface area contributed by atoms with E-state index in [0.717, 1.165) is 46.9 Å². The van der Waals surface area contributed by atoms with Gasteiger partial charge in [0.05, 0.1) is 20.2 Å². The van der Waals surface area contributed by atoms with E-state index in [4.69, 9.17) is 21.3 Å². The number of aliphatic imine (C=N–C) groups is 1. The summed E-state index contributed by atoms with van der Waals surface area (Å²) in [6.45, 7) is 3.76. The predicted octanol–water partition coefficient (Wildman–Crippen LogP) is 3.88. The molecule has 0 atom stereocenters. The Morgan fingerprint density at radius 2 is 1.71 bits per heavy atom. The molecule has 9 heteroatoms. The van der Waals surface area contributed by atoms with Crippen LogP contribution < -0.4 is 15.4 Å². The number of hydrogen-bond acceptors (Lipinski definition) is 4. The summed E-state index contributed by atoms with van der Waals surface area (Å²) in [7, 11) is 3.62. The highest BCUT2D eigenvalue weighted by atomic mass is 127. The van der Waals surface area contributed by atoms with Crippen molar-refractivity contribution in [3.8, 4) is 5.75 Å². The molecule has 166 valence electrons. The van der Waals surface area contributed by atoms with Crippen molar-refractivity contribution >= 4 is 41.5 Å². The molecule has 0 bridgehead atoms. The molecule has 2 N–H and O–H groups in total. The van der Waals surface area contributed by atoms with E-state index in [0.29, 0.717) is 13.1 Å². The van der Waals surface area contributed by atoms with Gasteiger partial charge in [-0.3, -0.25) is 0 Å². The maximum atomic E-state index is 5.97. The highest BCUT2D eigenvalue weighted by Gasteiger charge is 2.06. The standard InChI is InChI=1S/C22H27ClN6O.HI/c1-16-27-28-21(29(16)2)15-26-22(25-14-18-4-8-19(23)9-5-18)24-13-12-17-6-10-20(30-3)11-7-17;/h4-11H,12-15H2,1-3H3,(H2,24,25,26);1H. The second-order valence-electron chi connectivity index (χ2n) is 6.89. The summed E-state index contributed by atoms with van der Waals surface area (Å²) >= 11 is 5.97. The van der Waals surface area contributed by atoms with Gasteiger partial charge < -0.3 is 19.9 Å². The number of halogens is 2. The van der Waals surface area contributed by atoms with E-state index in [9.17, 15) is 0 Å². The van der Waals surface area contributed by atoms with Gasteiger partial charge >= 0.3 is 0 Å². The van der Waals surface area contributed by atoms with Gasteiger partial charge in [-0.15, -0.1) is 34.2 Å². The van der Waals surface area contributed by atoms with Crippen LogP contribution in [0.4, 0.5) is 0 Å². The fourth-order valence-electron chi connectivity index (χ4n) is 2.82. The topological polar surface area (TPSA) is 76.4 Å². The first-order valence-electron chi connectivity index (χ1n) is 9.79. The lowest BCUT2D eigenvalue weighted by molar-refractivity contribution is 0.414. The monoisotopic (exact) mass is 554 g/mol. The smallest absolute Gasteiger partial charge is 0.191 e. The van der Waals surface area contributed by atoms with E-state index in [1.165, 1.54) is 5.56 Å². The zero-order valence-corrected chi connectivity index (χ0v) is 21.0. The summed E-state index contributed by atoms with van der Waals surface area (Å²) in [4.78, 5) is 4.71. The van der Waals surface area contributed by atoms with Gasteiger partial charge in [0, 0.05) is 18.6 Å². The van der Waals surface area contributed by atoms with Crippen molar-refractivity contribution in [2.24, 2.45) is 12.0 Å². The molecule has 0 aliphatic heterocycles. The van der Waals surface area contributed by atoms with Gasteiger partial charge in [-0.2, -0.15) is 0 Å². The zero-order chi connectivity index (χ0) is 21.3. The Labute approximate surface area is 205 Å². The van der Waals surface area contributed by atoms with Gasteiger partial charge in [0.2, 0.25) is 0 Å². The van der Waals surface area contributed by atoms with E-state index in [1.54, 1.807) is 7.11 Å². The Morgan fingerprint density at radius 1 is 1.03 bits per heavy atom. The molecule has 0 saturated heterocycles.